The van der Waals surface area contributed by atoms with Gasteiger partial charge in [0.2, 0.25) is 5.91 Å². The second-order valence-corrected chi connectivity index (χ2v) is 19.2. The quantitative estimate of drug-likeness (QED) is 0.0272. The van der Waals surface area contributed by atoms with Crippen LogP contribution in [0.3, 0.4) is 0 Å². The van der Waals surface area contributed by atoms with E-state index in [1.54, 1.807) is 0 Å². The van der Waals surface area contributed by atoms with Gasteiger partial charge in [0.15, 0.2) is 0 Å². The van der Waals surface area contributed by atoms with E-state index in [9.17, 15) is 19.4 Å². The number of rotatable bonds is 49. The van der Waals surface area contributed by atoms with E-state index in [1.807, 2.05) is 0 Å². The first kappa shape index (κ1) is 59.0. The Hall–Kier alpha value is -1.02. The molecule has 0 aromatic carbocycles. The molecular formula is C51H101N2O6P. The van der Waals surface area contributed by atoms with Crippen LogP contribution in [0.5, 0.6) is 0 Å². The third-order valence-electron chi connectivity index (χ3n) is 11.8. The van der Waals surface area contributed by atoms with Crippen LogP contribution in [0.4, 0.5) is 0 Å². The molecule has 1 amide bonds. The van der Waals surface area contributed by atoms with Crippen molar-refractivity contribution >= 4 is 13.7 Å². The molecule has 0 aliphatic rings. The lowest BCUT2D eigenvalue weighted by Gasteiger charge is -2.25. The number of nitrogens with two attached hydrogens (primary N) is 1. The molecular weight excluding hydrogens is 768 g/mol. The van der Waals surface area contributed by atoms with Gasteiger partial charge in [-0.1, -0.05) is 237 Å². The standard InChI is InChI=1S/C51H101N2O6P/c1-3-5-7-9-11-13-15-17-19-21-23-24-25-26-27-29-31-33-35-37-39-41-43-45-51(55)53-49(48-59-60(56,57)58-47-46-52)50(54)44-42-40-38-36-34-32-30-28-22-20-18-16-14-12-10-8-6-4-2/h15,17,21,23,49-50,54H,3-14,16,18-20,22,24-48,52H2,1-2H3,(H,53,55)(H,56,57)/b17-15-,23-21-. The molecule has 0 heterocycles. The summed E-state index contributed by atoms with van der Waals surface area (Å²) in [5.41, 5.74) is 5.40. The molecule has 60 heavy (non-hydrogen) atoms. The van der Waals surface area contributed by atoms with Crippen molar-refractivity contribution in [2.24, 2.45) is 5.73 Å². The summed E-state index contributed by atoms with van der Waals surface area (Å²) in [5.74, 6) is -0.160. The number of carbonyl (C=O) groups excluding carboxylic acids is 1. The fourth-order valence-corrected chi connectivity index (χ4v) is 8.63. The number of hydrogen-bond donors (Lipinski definition) is 4. The SMILES string of the molecule is CCCCCCC/C=C\C/C=C\CCCCCCCCCCCCCC(=O)NC(COP(=O)(O)OCCN)C(O)CCCCCCCCCCCCCCCCCCCC. The van der Waals surface area contributed by atoms with Crippen molar-refractivity contribution in [2.75, 3.05) is 19.8 Å². The largest absolute Gasteiger partial charge is 0.472 e. The maximum absolute atomic E-state index is 12.8. The summed E-state index contributed by atoms with van der Waals surface area (Å²) in [5, 5.41) is 13.9. The van der Waals surface area contributed by atoms with Gasteiger partial charge in [-0.2, -0.15) is 0 Å². The molecule has 0 fully saturated rings. The fourth-order valence-electron chi connectivity index (χ4n) is 7.88. The molecule has 0 aliphatic heterocycles. The zero-order valence-corrected chi connectivity index (χ0v) is 40.6. The van der Waals surface area contributed by atoms with Crippen molar-refractivity contribution < 1.29 is 28.4 Å². The predicted octanol–water partition coefficient (Wildman–Crippen LogP) is 15.3. The number of phosphoric ester groups is 1. The molecule has 0 aromatic heterocycles. The van der Waals surface area contributed by atoms with Crippen molar-refractivity contribution in [1.29, 1.82) is 0 Å². The first-order valence-corrected chi connectivity index (χ1v) is 27.4. The molecule has 9 heteroatoms. The van der Waals surface area contributed by atoms with Gasteiger partial charge in [0, 0.05) is 13.0 Å². The van der Waals surface area contributed by atoms with Gasteiger partial charge in [-0.05, 0) is 44.9 Å². The van der Waals surface area contributed by atoms with E-state index < -0.39 is 20.0 Å². The number of unbranched alkanes of at least 4 members (excludes halogenated alkanes) is 33. The highest BCUT2D eigenvalue weighted by atomic mass is 31.2. The lowest BCUT2D eigenvalue weighted by atomic mass is 10.0. The zero-order chi connectivity index (χ0) is 43.9. The molecule has 8 nitrogen and oxygen atoms in total. The van der Waals surface area contributed by atoms with E-state index in [-0.39, 0.29) is 25.7 Å². The summed E-state index contributed by atoms with van der Waals surface area (Å²) in [7, 11) is -4.32. The molecule has 0 aromatic rings. The minimum Gasteiger partial charge on any atom is -0.391 e. The maximum Gasteiger partial charge on any atom is 0.472 e. The smallest absolute Gasteiger partial charge is 0.391 e. The Morgan fingerprint density at radius 3 is 1.32 bits per heavy atom. The van der Waals surface area contributed by atoms with Crippen molar-refractivity contribution in [3.63, 3.8) is 0 Å². The Morgan fingerprint density at radius 1 is 0.550 bits per heavy atom. The number of hydrogen-bond acceptors (Lipinski definition) is 6. The molecule has 5 N–H and O–H groups in total. The first-order valence-electron chi connectivity index (χ1n) is 26.0. The summed E-state index contributed by atoms with van der Waals surface area (Å²) in [4.78, 5) is 22.9. The molecule has 0 spiro atoms. The number of aliphatic hydroxyl groups is 1. The Balaban J connectivity index is 4.03. The van der Waals surface area contributed by atoms with Crippen molar-refractivity contribution in [3.05, 3.63) is 24.3 Å². The van der Waals surface area contributed by atoms with E-state index in [0.717, 1.165) is 44.9 Å². The summed E-state index contributed by atoms with van der Waals surface area (Å²) in [6, 6.07) is -0.774. The van der Waals surface area contributed by atoms with Crippen LogP contribution < -0.4 is 11.1 Å². The molecule has 3 atom stereocenters. The molecule has 0 bridgehead atoms. The van der Waals surface area contributed by atoms with E-state index in [2.05, 4.69) is 43.5 Å². The van der Waals surface area contributed by atoms with Gasteiger partial charge in [0.1, 0.15) is 0 Å². The summed E-state index contributed by atoms with van der Waals surface area (Å²) >= 11 is 0. The number of phosphoric acid groups is 1. The van der Waals surface area contributed by atoms with Gasteiger partial charge >= 0.3 is 7.82 Å². The van der Waals surface area contributed by atoms with Crippen LogP contribution in [0.25, 0.3) is 0 Å². The third kappa shape index (κ3) is 45.0. The Bertz CT molecular complexity index is 995. The van der Waals surface area contributed by atoms with Gasteiger partial charge in [-0.15, -0.1) is 0 Å². The third-order valence-corrected chi connectivity index (χ3v) is 12.8. The second kappa shape index (κ2) is 47.5. The van der Waals surface area contributed by atoms with E-state index in [4.69, 9.17) is 14.8 Å². The molecule has 0 rings (SSSR count). The number of nitrogens with one attached hydrogen (secondary N) is 1. The highest BCUT2D eigenvalue weighted by molar-refractivity contribution is 7.47. The number of aliphatic hydroxyl groups excluding tert-OH is 1. The van der Waals surface area contributed by atoms with Crippen molar-refractivity contribution in [1.82, 2.24) is 5.32 Å². The number of amides is 1. The lowest BCUT2D eigenvalue weighted by Crippen LogP contribution is -2.46. The van der Waals surface area contributed by atoms with E-state index in [1.165, 1.54) is 193 Å². The maximum atomic E-state index is 12.8. The minimum atomic E-state index is -4.32. The molecule has 0 saturated heterocycles. The van der Waals surface area contributed by atoms with Gasteiger partial charge in [-0.25, -0.2) is 4.57 Å². The Kier molecular flexibility index (Phi) is 46.7. The summed E-state index contributed by atoms with van der Waals surface area (Å²) in [6.07, 6.45) is 56.2. The van der Waals surface area contributed by atoms with Crippen LogP contribution in [0.2, 0.25) is 0 Å². The number of carbonyl (C=O) groups is 1. The molecule has 0 radical (unpaired) electrons. The van der Waals surface area contributed by atoms with Crippen LogP contribution in [-0.2, 0) is 18.4 Å². The van der Waals surface area contributed by atoms with Gasteiger partial charge in [0.05, 0.1) is 25.4 Å². The predicted molar refractivity (Wildman–Crippen MR) is 258 cm³/mol. The van der Waals surface area contributed by atoms with Gasteiger partial charge in [-0.3, -0.25) is 13.8 Å². The minimum absolute atomic E-state index is 0.0896. The average Bonchev–Trinajstić information content (AvgIpc) is 3.24. The highest BCUT2D eigenvalue weighted by Crippen LogP contribution is 2.43. The van der Waals surface area contributed by atoms with Crippen LogP contribution in [0.1, 0.15) is 264 Å². The van der Waals surface area contributed by atoms with Crippen molar-refractivity contribution in [2.45, 2.75) is 276 Å². The monoisotopic (exact) mass is 869 g/mol. The van der Waals surface area contributed by atoms with Crippen LogP contribution in [-0.4, -0.2) is 47.8 Å². The summed E-state index contributed by atoms with van der Waals surface area (Å²) < 4.78 is 22.3. The molecule has 0 aliphatic carbocycles. The van der Waals surface area contributed by atoms with Crippen LogP contribution >= 0.6 is 7.82 Å². The van der Waals surface area contributed by atoms with Gasteiger partial charge in [0.25, 0.3) is 0 Å². The lowest BCUT2D eigenvalue weighted by molar-refractivity contribution is -0.123. The van der Waals surface area contributed by atoms with Crippen LogP contribution in [0.15, 0.2) is 24.3 Å². The van der Waals surface area contributed by atoms with Crippen molar-refractivity contribution in [3.8, 4) is 0 Å². The first-order chi connectivity index (χ1) is 29.4. The fraction of sp³-hybridized carbons (Fsp3) is 0.902. The Morgan fingerprint density at radius 2 is 0.917 bits per heavy atom. The molecule has 356 valence electrons. The zero-order valence-electron chi connectivity index (χ0n) is 39.7. The molecule has 0 saturated carbocycles. The molecule has 3 unspecified atom stereocenters. The Labute approximate surface area is 372 Å². The average molecular weight is 869 g/mol. The van der Waals surface area contributed by atoms with E-state index >= 15 is 0 Å². The highest BCUT2D eigenvalue weighted by Gasteiger charge is 2.27. The number of allylic oxidation sites excluding steroid dienone is 4. The second-order valence-electron chi connectivity index (χ2n) is 17.7. The van der Waals surface area contributed by atoms with Gasteiger partial charge < -0.3 is 21.1 Å². The van der Waals surface area contributed by atoms with E-state index in [0.29, 0.717) is 12.8 Å². The van der Waals surface area contributed by atoms with Crippen LogP contribution in [0, 0.1) is 0 Å². The summed E-state index contributed by atoms with van der Waals surface area (Å²) in [6.45, 7) is 4.23. The normalized spacial score (nSPS) is 14.0. The topological polar surface area (TPSA) is 131 Å².